The number of piperidine rings is 1. The lowest BCUT2D eigenvalue weighted by atomic mass is 9.84. The molecule has 0 aliphatic carbocycles. The molecule has 0 aromatic carbocycles. The SMILES string of the molecule is Cc1cccc(CN2C(=O)CCC23CCN(Cc2ccccn2)CC3)n1. The summed E-state index contributed by atoms with van der Waals surface area (Å²) < 4.78 is 0. The first-order valence-corrected chi connectivity index (χ1v) is 9.50. The van der Waals surface area contributed by atoms with Gasteiger partial charge < -0.3 is 4.90 Å². The van der Waals surface area contributed by atoms with Gasteiger partial charge in [0, 0.05) is 43.5 Å². The zero-order valence-electron chi connectivity index (χ0n) is 15.4. The van der Waals surface area contributed by atoms with Crippen LogP contribution in [0.5, 0.6) is 0 Å². The van der Waals surface area contributed by atoms with Crippen molar-refractivity contribution in [2.24, 2.45) is 0 Å². The number of carbonyl (C=O) groups is 1. The summed E-state index contributed by atoms with van der Waals surface area (Å²) in [5.41, 5.74) is 3.14. The van der Waals surface area contributed by atoms with Crippen LogP contribution in [-0.2, 0) is 17.9 Å². The number of amides is 1. The summed E-state index contributed by atoms with van der Waals surface area (Å²) >= 11 is 0. The standard InChI is InChI=1S/C21H26N4O/c1-17-5-4-7-19(23-17)16-25-20(26)8-9-21(25)10-13-24(14-11-21)15-18-6-2-3-12-22-18/h2-7,12H,8-11,13-16H2,1H3. The van der Waals surface area contributed by atoms with Crippen molar-refractivity contribution in [1.29, 1.82) is 0 Å². The van der Waals surface area contributed by atoms with E-state index in [0.29, 0.717) is 13.0 Å². The number of hydrogen-bond donors (Lipinski definition) is 0. The van der Waals surface area contributed by atoms with Crippen LogP contribution >= 0.6 is 0 Å². The molecule has 2 aromatic rings. The maximum atomic E-state index is 12.6. The Morgan fingerprint density at radius 1 is 1.00 bits per heavy atom. The third kappa shape index (κ3) is 3.49. The Kier molecular flexibility index (Phi) is 4.72. The molecule has 4 rings (SSSR count). The van der Waals surface area contributed by atoms with Crippen LogP contribution in [0.1, 0.15) is 42.8 Å². The first-order valence-electron chi connectivity index (χ1n) is 9.50. The van der Waals surface area contributed by atoms with Gasteiger partial charge in [0.25, 0.3) is 0 Å². The summed E-state index contributed by atoms with van der Waals surface area (Å²) in [5.74, 6) is 0.284. The predicted molar refractivity (Wildman–Crippen MR) is 100 cm³/mol. The quantitative estimate of drug-likeness (QED) is 0.851. The number of carbonyl (C=O) groups excluding carboxylic acids is 1. The van der Waals surface area contributed by atoms with Gasteiger partial charge in [-0.05, 0) is 50.5 Å². The average molecular weight is 350 g/mol. The fourth-order valence-electron chi connectivity index (χ4n) is 4.35. The minimum absolute atomic E-state index is 0.0170. The fourth-order valence-corrected chi connectivity index (χ4v) is 4.35. The van der Waals surface area contributed by atoms with Crippen LogP contribution in [0.3, 0.4) is 0 Å². The highest BCUT2D eigenvalue weighted by Crippen LogP contribution is 2.40. The molecular weight excluding hydrogens is 324 g/mol. The van der Waals surface area contributed by atoms with E-state index in [1.54, 1.807) is 0 Å². The van der Waals surface area contributed by atoms with E-state index >= 15 is 0 Å². The average Bonchev–Trinajstić information content (AvgIpc) is 2.94. The van der Waals surface area contributed by atoms with Crippen molar-refractivity contribution in [3.8, 4) is 0 Å². The molecule has 2 fully saturated rings. The van der Waals surface area contributed by atoms with Gasteiger partial charge in [-0.2, -0.15) is 0 Å². The molecule has 0 N–H and O–H groups in total. The fraction of sp³-hybridized carbons (Fsp3) is 0.476. The molecule has 2 aliphatic rings. The van der Waals surface area contributed by atoms with E-state index in [1.165, 1.54) is 0 Å². The minimum atomic E-state index is 0.0170. The van der Waals surface area contributed by atoms with Crippen molar-refractivity contribution in [2.75, 3.05) is 13.1 Å². The highest BCUT2D eigenvalue weighted by atomic mass is 16.2. The van der Waals surface area contributed by atoms with Crippen molar-refractivity contribution >= 4 is 5.91 Å². The van der Waals surface area contributed by atoms with Gasteiger partial charge in [-0.15, -0.1) is 0 Å². The number of pyridine rings is 2. The molecule has 0 atom stereocenters. The van der Waals surface area contributed by atoms with Crippen molar-refractivity contribution in [1.82, 2.24) is 19.8 Å². The van der Waals surface area contributed by atoms with E-state index in [2.05, 4.69) is 25.8 Å². The predicted octanol–water partition coefficient (Wildman–Crippen LogP) is 2.94. The minimum Gasteiger partial charge on any atom is -0.331 e. The second kappa shape index (κ2) is 7.16. The molecular formula is C21H26N4O. The van der Waals surface area contributed by atoms with Crippen LogP contribution in [0.4, 0.5) is 0 Å². The number of nitrogens with zero attached hydrogens (tertiary/aromatic N) is 4. The van der Waals surface area contributed by atoms with Crippen LogP contribution < -0.4 is 0 Å². The van der Waals surface area contributed by atoms with Gasteiger partial charge >= 0.3 is 0 Å². The monoisotopic (exact) mass is 350 g/mol. The van der Waals surface area contributed by atoms with E-state index in [-0.39, 0.29) is 11.4 Å². The second-order valence-electron chi connectivity index (χ2n) is 7.57. The summed E-state index contributed by atoms with van der Waals surface area (Å²) in [4.78, 5) is 26.2. The topological polar surface area (TPSA) is 49.3 Å². The van der Waals surface area contributed by atoms with Gasteiger partial charge in [0.2, 0.25) is 5.91 Å². The van der Waals surface area contributed by atoms with Gasteiger partial charge in [0.15, 0.2) is 0 Å². The van der Waals surface area contributed by atoms with Crippen molar-refractivity contribution < 1.29 is 4.79 Å². The maximum Gasteiger partial charge on any atom is 0.223 e. The van der Waals surface area contributed by atoms with Crippen LogP contribution in [0.25, 0.3) is 0 Å². The molecule has 26 heavy (non-hydrogen) atoms. The summed E-state index contributed by atoms with van der Waals surface area (Å²) in [6.07, 6.45) is 5.59. The van der Waals surface area contributed by atoms with Gasteiger partial charge in [0.1, 0.15) is 0 Å². The van der Waals surface area contributed by atoms with Crippen LogP contribution in [0.2, 0.25) is 0 Å². The molecule has 1 amide bonds. The molecule has 5 nitrogen and oxygen atoms in total. The molecule has 0 radical (unpaired) electrons. The molecule has 5 heteroatoms. The first kappa shape index (κ1) is 17.2. The largest absolute Gasteiger partial charge is 0.331 e. The van der Waals surface area contributed by atoms with E-state index < -0.39 is 0 Å². The molecule has 2 aromatic heterocycles. The molecule has 2 saturated heterocycles. The smallest absolute Gasteiger partial charge is 0.223 e. The van der Waals surface area contributed by atoms with Gasteiger partial charge in [-0.3, -0.25) is 19.7 Å². The van der Waals surface area contributed by atoms with Crippen LogP contribution in [0, 0.1) is 6.92 Å². The zero-order chi connectivity index (χ0) is 18.0. The number of likely N-dealkylation sites (tertiary alicyclic amines) is 2. The molecule has 0 bridgehead atoms. The molecule has 0 unspecified atom stereocenters. The summed E-state index contributed by atoms with van der Waals surface area (Å²) in [6.45, 7) is 5.56. The Hall–Kier alpha value is -2.27. The molecule has 4 heterocycles. The Morgan fingerprint density at radius 3 is 2.54 bits per heavy atom. The first-order chi connectivity index (χ1) is 12.6. The third-order valence-electron chi connectivity index (χ3n) is 5.84. The zero-order valence-corrected chi connectivity index (χ0v) is 15.4. The Balaban J connectivity index is 1.43. The number of rotatable bonds is 4. The summed E-state index contributed by atoms with van der Waals surface area (Å²) in [6, 6.07) is 12.1. The highest BCUT2D eigenvalue weighted by molar-refractivity contribution is 5.79. The van der Waals surface area contributed by atoms with E-state index in [4.69, 9.17) is 0 Å². The molecule has 136 valence electrons. The Morgan fingerprint density at radius 2 is 1.81 bits per heavy atom. The van der Waals surface area contributed by atoms with E-state index in [0.717, 1.165) is 56.0 Å². The Labute approximate surface area is 155 Å². The van der Waals surface area contributed by atoms with Crippen LogP contribution in [-0.4, -0.2) is 44.3 Å². The number of hydrogen-bond acceptors (Lipinski definition) is 4. The maximum absolute atomic E-state index is 12.6. The Bertz CT molecular complexity index is 769. The number of aromatic nitrogens is 2. The van der Waals surface area contributed by atoms with Gasteiger partial charge in [0.05, 0.1) is 17.9 Å². The van der Waals surface area contributed by atoms with Crippen LogP contribution in [0.15, 0.2) is 42.6 Å². The van der Waals surface area contributed by atoms with Gasteiger partial charge in [-0.25, -0.2) is 0 Å². The normalized spacial score (nSPS) is 20.0. The summed E-state index contributed by atoms with van der Waals surface area (Å²) in [5, 5.41) is 0. The lowest BCUT2D eigenvalue weighted by molar-refractivity contribution is -0.133. The van der Waals surface area contributed by atoms with Gasteiger partial charge in [-0.1, -0.05) is 12.1 Å². The highest BCUT2D eigenvalue weighted by Gasteiger charge is 2.46. The molecule has 0 saturated carbocycles. The molecule has 2 aliphatic heterocycles. The molecule has 1 spiro atoms. The lowest BCUT2D eigenvalue weighted by Gasteiger charge is -2.45. The van der Waals surface area contributed by atoms with E-state index in [1.807, 2.05) is 43.5 Å². The van der Waals surface area contributed by atoms with Crippen molar-refractivity contribution in [3.05, 3.63) is 59.7 Å². The second-order valence-corrected chi connectivity index (χ2v) is 7.57. The lowest BCUT2D eigenvalue weighted by Crippen LogP contribution is -2.52. The number of aryl methyl sites for hydroxylation is 1. The van der Waals surface area contributed by atoms with E-state index in [9.17, 15) is 4.79 Å². The van der Waals surface area contributed by atoms with Crippen molar-refractivity contribution in [2.45, 2.75) is 51.2 Å². The third-order valence-corrected chi connectivity index (χ3v) is 5.84. The summed E-state index contributed by atoms with van der Waals surface area (Å²) in [7, 11) is 0. The van der Waals surface area contributed by atoms with Crippen molar-refractivity contribution in [3.63, 3.8) is 0 Å².